The van der Waals surface area contributed by atoms with E-state index in [2.05, 4.69) is 13.8 Å². The van der Waals surface area contributed by atoms with Crippen LogP contribution in [0.25, 0.3) is 0 Å². The second-order valence-electron chi connectivity index (χ2n) is 6.33. The van der Waals surface area contributed by atoms with E-state index in [1.165, 1.54) is 0 Å². The monoisotopic (exact) mass is 295 g/mol. The number of aryl methyl sites for hydroxylation is 1. The summed E-state index contributed by atoms with van der Waals surface area (Å²) >= 11 is 0. The third-order valence-corrected chi connectivity index (χ3v) is 7.04. The van der Waals surface area contributed by atoms with Crippen LogP contribution in [0.2, 0.25) is 0 Å². The molecule has 0 bridgehead atoms. The summed E-state index contributed by atoms with van der Waals surface area (Å²) in [7, 11) is -3.33. The van der Waals surface area contributed by atoms with Crippen LogP contribution in [0.3, 0.4) is 0 Å². The SMILES string of the molecule is Cc1ccccc1S(=O)(=O)C1CC(C(C)C)CCC1N. The number of hydrogen-bond acceptors (Lipinski definition) is 3. The maximum absolute atomic E-state index is 12.9. The lowest BCUT2D eigenvalue weighted by molar-refractivity contribution is 0.261. The van der Waals surface area contributed by atoms with E-state index in [1.807, 2.05) is 19.1 Å². The number of rotatable bonds is 3. The molecular weight excluding hydrogens is 270 g/mol. The van der Waals surface area contributed by atoms with Crippen molar-refractivity contribution >= 4 is 9.84 Å². The lowest BCUT2D eigenvalue weighted by Crippen LogP contribution is -2.46. The third-order valence-electron chi connectivity index (χ3n) is 4.62. The van der Waals surface area contributed by atoms with Crippen molar-refractivity contribution in [1.29, 1.82) is 0 Å². The molecule has 3 unspecified atom stereocenters. The van der Waals surface area contributed by atoms with Crippen molar-refractivity contribution in [1.82, 2.24) is 0 Å². The first-order valence-electron chi connectivity index (χ1n) is 7.39. The van der Waals surface area contributed by atoms with E-state index >= 15 is 0 Å². The van der Waals surface area contributed by atoms with Crippen LogP contribution in [0.5, 0.6) is 0 Å². The van der Waals surface area contributed by atoms with Crippen LogP contribution >= 0.6 is 0 Å². The molecule has 0 radical (unpaired) electrons. The molecule has 20 heavy (non-hydrogen) atoms. The van der Waals surface area contributed by atoms with Gasteiger partial charge in [-0.05, 0) is 49.7 Å². The molecule has 4 heteroatoms. The van der Waals surface area contributed by atoms with Crippen molar-refractivity contribution in [3.8, 4) is 0 Å². The molecule has 3 atom stereocenters. The number of sulfone groups is 1. The van der Waals surface area contributed by atoms with Gasteiger partial charge in [-0.1, -0.05) is 32.0 Å². The van der Waals surface area contributed by atoms with Crippen LogP contribution in [0.1, 0.15) is 38.7 Å². The van der Waals surface area contributed by atoms with E-state index in [0.29, 0.717) is 23.2 Å². The van der Waals surface area contributed by atoms with Gasteiger partial charge in [-0.3, -0.25) is 0 Å². The first kappa shape index (κ1) is 15.5. The minimum Gasteiger partial charge on any atom is -0.327 e. The van der Waals surface area contributed by atoms with Crippen LogP contribution in [-0.4, -0.2) is 19.7 Å². The van der Waals surface area contributed by atoms with Crippen molar-refractivity contribution in [2.75, 3.05) is 0 Å². The van der Waals surface area contributed by atoms with Gasteiger partial charge in [0.1, 0.15) is 0 Å². The molecule has 1 aliphatic rings. The van der Waals surface area contributed by atoms with Crippen LogP contribution in [0.15, 0.2) is 29.2 Å². The summed E-state index contributed by atoms with van der Waals surface area (Å²) in [5.74, 6) is 0.968. The molecule has 3 nitrogen and oxygen atoms in total. The Labute approximate surface area is 122 Å². The topological polar surface area (TPSA) is 60.2 Å². The summed E-state index contributed by atoms with van der Waals surface area (Å²) < 4.78 is 25.8. The number of nitrogens with two attached hydrogens (primary N) is 1. The maximum Gasteiger partial charge on any atom is 0.183 e. The zero-order chi connectivity index (χ0) is 14.9. The predicted molar refractivity (Wildman–Crippen MR) is 82.3 cm³/mol. The molecule has 1 aromatic carbocycles. The molecule has 112 valence electrons. The Balaban J connectivity index is 2.35. The third kappa shape index (κ3) is 2.91. The Bertz CT molecular complexity index is 566. The average molecular weight is 295 g/mol. The summed E-state index contributed by atoms with van der Waals surface area (Å²) in [4.78, 5) is 0.449. The minimum absolute atomic E-state index is 0.241. The minimum atomic E-state index is -3.33. The first-order chi connectivity index (χ1) is 9.34. The molecule has 1 aromatic rings. The van der Waals surface area contributed by atoms with E-state index in [1.54, 1.807) is 12.1 Å². The molecule has 0 saturated heterocycles. The Morgan fingerprint density at radius 2 is 1.85 bits per heavy atom. The Hall–Kier alpha value is -0.870. The quantitative estimate of drug-likeness (QED) is 0.932. The molecule has 2 rings (SSSR count). The highest BCUT2D eigenvalue weighted by molar-refractivity contribution is 7.92. The molecule has 0 spiro atoms. The van der Waals surface area contributed by atoms with Crippen molar-refractivity contribution in [2.45, 2.75) is 56.2 Å². The van der Waals surface area contributed by atoms with E-state index in [4.69, 9.17) is 5.73 Å². The lowest BCUT2D eigenvalue weighted by Gasteiger charge is -2.35. The average Bonchev–Trinajstić information content (AvgIpc) is 2.39. The second kappa shape index (κ2) is 5.86. The summed E-state index contributed by atoms with van der Waals surface area (Å²) in [5.41, 5.74) is 6.95. The predicted octanol–water partition coefficient (Wildman–Crippen LogP) is 2.92. The Morgan fingerprint density at radius 1 is 1.20 bits per heavy atom. The highest BCUT2D eigenvalue weighted by Gasteiger charge is 2.39. The van der Waals surface area contributed by atoms with E-state index < -0.39 is 15.1 Å². The van der Waals surface area contributed by atoms with Crippen molar-refractivity contribution < 1.29 is 8.42 Å². The van der Waals surface area contributed by atoms with Crippen LogP contribution in [-0.2, 0) is 9.84 Å². The van der Waals surface area contributed by atoms with Crippen molar-refractivity contribution in [3.05, 3.63) is 29.8 Å². The molecule has 0 aromatic heterocycles. The van der Waals surface area contributed by atoms with Gasteiger partial charge in [-0.2, -0.15) is 0 Å². The normalized spacial score (nSPS) is 27.8. The summed E-state index contributed by atoms with van der Waals surface area (Å²) in [5, 5.41) is -0.440. The molecule has 1 saturated carbocycles. The summed E-state index contributed by atoms with van der Waals surface area (Å²) in [6, 6.07) is 6.97. The van der Waals surface area contributed by atoms with Gasteiger partial charge >= 0.3 is 0 Å². The van der Waals surface area contributed by atoms with E-state index in [0.717, 1.165) is 18.4 Å². The molecule has 0 aliphatic heterocycles. The van der Waals surface area contributed by atoms with Crippen LogP contribution < -0.4 is 5.73 Å². The zero-order valence-electron chi connectivity index (χ0n) is 12.5. The molecule has 1 aliphatic carbocycles. The van der Waals surface area contributed by atoms with E-state index in [9.17, 15) is 8.42 Å². The fourth-order valence-electron chi connectivity index (χ4n) is 3.18. The highest BCUT2D eigenvalue weighted by atomic mass is 32.2. The van der Waals surface area contributed by atoms with Crippen molar-refractivity contribution in [3.63, 3.8) is 0 Å². The standard InChI is InChI=1S/C16H25NO2S/c1-11(2)13-8-9-14(17)16(10-13)20(18,19)15-7-5-4-6-12(15)3/h4-7,11,13-14,16H,8-10,17H2,1-3H3. The molecular formula is C16H25NO2S. The van der Waals surface area contributed by atoms with Crippen LogP contribution in [0.4, 0.5) is 0 Å². The maximum atomic E-state index is 12.9. The molecule has 0 heterocycles. The fraction of sp³-hybridized carbons (Fsp3) is 0.625. The number of hydrogen-bond donors (Lipinski definition) is 1. The van der Waals surface area contributed by atoms with E-state index in [-0.39, 0.29) is 6.04 Å². The fourth-order valence-corrected chi connectivity index (χ4v) is 5.39. The lowest BCUT2D eigenvalue weighted by atomic mass is 9.79. The molecule has 0 amide bonds. The molecule has 1 fully saturated rings. The first-order valence-corrected chi connectivity index (χ1v) is 8.93. The van der Waals surface area contributed by atoms with Gasteiger partial charge in [0.2, 0.25) is 0 Å². The summed E-state index contributed by atoms with van der Waals surface area (Å²) in [6.07, 6.45) is 2.53. The molecule has 2 N–H and O–H groups in total. The smallest absolute Gasteiger partial charge is 0.183 e. The van der Waals surface area contributed by atoms with Gasteiger partial charge in [-0.25, -0.2) is 8.42 Å². The van der Waals surface area contributed by atoms with Gasteiger partial charge in [0.15, 0.2) is 9.84 Å². The highest BCUT2D eigenvalue weighted by Crippen LogP contribution is 2.35. The van der Waals surface area contributed by atoms with Crippen LogP contribution in [0, 0.1) is 18.8 Å². The van der Waals surface area contributed by atoms with Gasteiger partial charge in [0.25, 0.3) is 0 Å². The largest absolute Gasteiger partial charge is 0.327 e. The Kier molecular flexibility index (Phi) is 4.55. The summed E-state index contributed by atoms with van der Waals surface area (Å²) in [6.45, 7) is 6.18. The van der Waals surface area contributed by atoms with Gasteiger partial charge in [-0.15, -0.1) is 0 Å². The second-order valence-corrected chi connectivity index (χ2v) is 8.47. The van der Waals surface area contributed by atoms with Gasteiger partial charge < -0.3 is 5.73 Å². The van der Waals surface area contributed by atoms with Gasteiger partial charge in [0.05, 0.1) is 10.1 Å². The zero-order valence-corrected chi connectivity index (χ0v) is 13.4. The number of benzene rings is 1. The van der Waals surface area contributed by atoms with Crippen molar-refractivity contribution in [2.24, 2.45) is 17.6 Å². The Morgan fingerprint density at radius 3 is 2.45 bits per heavy atom. The van der Waals surface area contributed by atoms with Gasteiger partial charge in [0, 0.05) is 6.04 Å².